The van der Waals surface area contributed by atoms with E-state index in [2.05, 4.69) is 15.6 Å². The average Bonchev–Trinajstić information content (AvgIpc) is 2.87. The maximum absolute atomic E-state index is 12.8. The van der Waals surface area contributed by atoms with Crippen molar-refractivity contribution in [2.45, 2.75) is 45.6 Å². The van der Waals surface area contributed by atoms with Crippen LogP contribution < -0.4 is 10.6 Å². The topological polar surface area (TPSA) is 118 Å². The number of anilines is 1. The zero-order chi connectivity index (χ0) is 27.0. The van der Waals surface area contributed by atoms with Crippen molar-refractivity contribution in [1.82, 2.24) is 10.3 Å². The van der Waals surface area contributed by atoms with Crippen molar-refractivity contribution in [3.8, 4) is 0 Å². The van der Waals surface area contributed by atoms with Gasteiger partial charge in [0.05, 0.1) is 21.0 Å². The molecule has 1 aromatic heterocycles. The van der Waals surface area contributed by atoms with Gasteiger partial charge in [-0.05, 0) is 43.4 Å². The van der Waals surface area contributed by atoms with E-state index in [1.165, 1.54) is 12.4 Å². The van der Waals surface area contributed by atoms with Crippen LogP contribution in [0.5, 0.6) is 0 Å². The minimum absolute atomic E-state index is 0.0656. The van der Waals surface area contributed by atoms with Crippen LogP contribution in [0.3, 0.4) is 0 Å². The third kappa shape index (κ3) is 4.85. The highest BCUT2D eigenvalue weighted by Gasteiger charge is 2.56. The molecule has 1 saturated heterocycles. The quantitative estimate of drug-likeness (QED) is 0.431. The van der Waals surface area contributed by atoms with Crippen LogP contribution in [0.2, 0.25) is 10.0 Å². The van der Waals surface area contributed by atoms with Crippen LogP contribution in [0.25, 0.3) is 0 Å². The second kappa shape index (κ2) is 10.4. The zero-order valence-electron chi connectivity index (χ0n) is 20.9. The average molecular weight is 546 g/mol. The minimum Gasteiger partial charge on any atom is -0.479 e. The van der Waals surface area contributed by atoms with Crippen molar-refractivity contribution in [3.63, 3.8) is 0 Å². The van der Waals surface area contributed by atoms with Crippen molar-refractivity contribution in [1.29, 1.82) is 0 Å². The number of ether oxygens (including phenoxy) is 1. The second-order valence-electron chi connectivity index (χ2n) is 9.89. The van der Waals surface area contributed by atoms with E-state index < -0.39 is 22.8 Å². The number of carboxylic acid groups (broad SMARTS) is 1. The normalized spacial score (nSPS) is 18.4. The highest BCUT2D eigenvalue weighted by molar-refractivity contribution is 6.40. The fraction of sp³-hybridized carbons (Fsp3) is 0.407. The molecule has 2 aromatic rings. The number of carboxylic acids is 1. The van der Waals surface area contributed by atoms with Crippen LogP contribution in [0, 0.1) is 11.3 Å². The third-order valence-electron chi connectivity index (χ3n) is 7.47. The van der Waals surface area contributed by atoms with Gasteiger partial charge in [-0.25, -0.2) is 4.79 Å². The maximum Gasteiger partial charge on any atom is 0.329 e. The number of carbonyl (C=O) groups excluding carboxylic acids is 2. The number of benzene rings is 1. The summed E-state index contributed by atoms with van der Waals surface area (Å²) < 4.78 is 5.47. The Hall–Kier alpha value is -2.94. The number of ketones is 1. The van der Waals surface area contributed by atoms with Gasteiger partial charge in [-0.3, -0.25) is 14.6 Å². The second-order valence-corrected chi connectivity index (χ2v) is 10.7. The van der Waals surface area contributed by atoms with E-state index in [0.29, 0.717) is 43.0 Å². The van der Waals surface area contributed by atoms with Crippen LogP contribution in [0.15, 0.2) is 47.9 Å². The van der Waals surface area contributed by atoms with Gasteiger partial charge in [0, 0.05) is 49.0 Å². The van der Waals surface area contributed by atoms with Crippen LogP contribution in [-0.4, -0.2) is 46.5 Å². The summed E-state index contributed by atoms with van der Waals surface area (Å²) in [7, 11) is 0. The first-order chi connectivity index (χ1) is 17.5. The lowest BCUT2D eigenvalue weighted by molar-refractivity contribution is -0.148. The minimum atomic E-state index is -1.34. The molecule has 1 aromatic carbocycles. The fourth-order valence-corrected chi connectivity index (χ4v) is 5.67. The van der Waals surface area contributed by atoms with Gasteiger partial charge in [-0.15, -0.1) is 0 Å². The Labute approximate surface area is 225 Å². The number of hydrogen-bond acceptors (Lipinski definition) is 6. The zero-order valence-corrected chi connectivity index (χ0v) is 22.4. The molecule has 2 aliphatic rings. The molecule has 196 valence electrons. The van der Waals surface area contributed by atoms with Crippen LogP contribution in [0.4, 0.5) is 5.69 Å². The van der Waals surface area contributed by atoms with Gasteiger partial charge in [0.1, 0.15) is 5.54 Å². The molecule has 3 N–H and O–H groups in total. The Kier molecular flexibility index (Phi) is 7.65. The molecular weight excluding hydrogens is 517 g/mol. The number of allylic oxidation sites excluding steroid dienone is 2. The Morgan fingerprint density at radius 1 is 1.14 bits per heavy atom. The number of aromatic nitrogens is 1. The Morgan fingerprint density at radius 2 is 1.73 bits per heavy atom. The lowest BCUT2D eigenvalue weighted by Crippen LogP contribution is -2.63. The summed E-state index contributed by atoms with van der Waals surface area (Å²) in [6, 6.07) is 6.93. The molecule has 1 fully saturated rings. The standard InChI is InChI=1S/C27H29Cl2N3O5/c1-15(2)27(25(35)36,32-22-16(3)23(33)26(22)8-10-37-11-9-26)12-17-4-6-18(7-5-17)31-24(34)21-19(28)13-30-14-20(21)29/h4-7,13-15,32H,8-12H2,1-3H3,(H,31,34)(H,35,36)/t27-/m0/s1. The fourth-order valence-electron chi connectivity index (χ4n) is 5.13. The summed E-state index contributed by atoms with van der Waals surface area (Å²) in [5, 5.41) is 16.8. The van der Waals surface area contributed by atoms with Crippen molar-refractivity contribution in [3.05, 3.63) is 69.1 Å². The molecule has 1 amide bonds. The molecule has 4 rings (SSSR count). The van der Waals surface area contributed by atoms with Crippen molar-refractivity contribution in [2.24, 2.45) is 11.3 Å². The van der Waals surface area contributed by atoms with Crippen LogP contribution in [-0.2, 0) is 20.7 Å². The lowest BCUT2D eigenvalue weighted by Gasteiger charge is -2.50. The summed E-state index contributed by atoms with van der Waals surface area (Å²) in [5.41, 5.74) is 0.642. The first kappa shape index (κ1) is 27.1. The molecular formula is C27H29Cl2N3O5. The Morgan fingerprint density at radius 3 is 2.27 bits per heavy atom. The highest BCUT2D eigenvalue weighted by Crippen LogP contribution is 2.50. The van der Waals surface area contributed by atoms with E-state index in [1.807, 2.05) is 13.8 Å². The lowest BCUT2D eigenvalue weighted by atomic mass is 9.61. The number of aliphatic carboxylic acids is 1. The first-order valence-corrected chi connectivity index (χ1v) is 12.8. The largest absolute Gasteiger partial charge is 0.479 e. The van der Waals surface area contributed by atoms with Crippen LogP contribution in [0.1, 0.15) is 49.5 Å². The molecule has 0 saturated carbocycles. The van der Waals surface area contributed by atoms with E-state index >= 15 is 0 Å². The van der Waals surface area contributed by atoms with E-state index in [1.54, 1.807) is 31.2 Å². The van der Waals surface area contributed by atoms with Gasteiger partial charge in [0.15, 0.2) is 5.78 Å². The number of carbonyl (C=O) groups is 3. The number of nitrogens with one attached hydrogen (secondary N) is 2. The molecule has 0 bridgehead atoms. The molecule has 10 heteroatoms. The van der Waals surface area contributed by atoms with Gasteiger partial charge < -0.3 is 20.5 Å². The molecule has 1 atom stereocenters. The molecule has 1 aliphatic heterocycles. The number of Topliss-reactive ketones (excluding diaryl/α,β-unsaturated/α-hetero) is 1. The van der Waals surface area contributed by atoms with Gasteiger partial charge in [-0.2, -0.15) is 0 Å². The molecule has 0 radical (unpaired) electrons. The molecule has 1 spiro atoms. The summed E-state index contributed by atoms with van der Waals surface area (Å²) in [4.78, 5) is 42.1. The molecule has 8 nitrogen and oxygen atoms in total. The number of rotatable bonds is 8. The number of pyridine rings is 1. The van der Waals surface area contributed by atoms with E-state index in [0.717, 1.165) is 5.56 Å². The maximum atomic E-state index is 12.8. The number of nitrogens with zero attached hydrogens (tertiary/aromatic N) is 1. The number of halogens is 2. The van der Waals surface area contributed by atoms with E-state index in [-0.39, 0.29) is 33.7 Å². The molecule has 37 heavy (non-hydrogen) atoms. The predicted octanol–water partition coefficient (Wildman–Crippen LogP) is 4.91. The number of hydrogen-bond donors (Lipinski definition) is 3. The molecule has 1 aliphatic carbocycles. The highest BCUT2D eigenvalue weighted by atomic mass is 35.5. The van der Waals surface area contributed by atoms with Gasteiger partial charge in [0.2, 0.25) is 0 Å². The molecule has 2 heterocycles. The SMILES string of the molecule is CC1=C(N[C@](Cc2ccc(NC(=O)c3c(Cl)cncc3Cl)cc2)(C(=O)O)C(C)C)C2(CCOCC2)C1=O. The summed E-state index contributed by atoms with van der Waals surface area (Å²) in [6.45, 7) is 6.39. The molecule has 0 unspecified atom stereocenters. The number of amides is 1. The Bertz CT molecular complexity index is 1250. The van der Waals surface area contributed by atoms with Crippen LogP contribution >= 0.6 is 23.2 Å². The van der Waals surface area contributed by atoms with Crippen molar-refractivity contribution >= 4 is 46.5 Å². The monoisotopic (exact) mass is 545 g/mol. The van der Waals surface area contributed by atoms with E-state index in [4.69, 9.17) is 27.9 Å². The van der Waals surface area contributed by atoms with Crippen molar-refractivity contribution < 1.29 is 24.2 Å². The first-order valence-electron chi connectivity index (χ1n) is 12.1. The van der Waals surface area contributed by atoms with Gasteiger partial charge in [-0.1, -0.05) is 49.2 Å². The summed E-state index contributed by atoms with van der Waals surface area (Å²) in [5.74, 6) is -1.71. The van der Waals surface area contributed by atoms with Crippen molar-refractivity contribution in [2.75, 3.05) is 18.5 Å². The van der Waals surface area contributed by atoms with E-state index in [9.17, 15) is 19.5 Å². The van der Waals surface area contributed by atoms with Gasteiger partial charge in [0.25, 0.3) is 5.91 Å². The Balaban J connectivity index is 1.57. The summed E-state index contributed by atoms with van der Waals surface area (Å²) >= 11 is 12.2. The predicted molar refractivity (Wildman–Crippen MR) is 141 cm³/mol. The smallest absolute Gasteiger partial charge is 0.329 e. The third-order valence-corrected chi connectivity index (χ3v) is 8.04. The summed E-state index contributed by atoms with van der Waals surface area (Å²) in [6.07, 6.45) is 3.94. The van der Waals surface area contributed by atoms with Gasteiger partial charge >= 0.3 is 5.97 Å².